The van der Waals surface area contributed by atoms with Gasteiger partial charge in [0.25, 0.3) is 0 Å². The number of rotatable bonds is 6. The third-order valence-corrected chi connectivity index (χ3v) is 3.36. The second-order valence-electron chi connectivity index (χ2n) is 4.87. The van der Waals surface area contributed by atoms with Gasteiger partial charge in [-0.25, -0.2) is 0 Å². The van der Waals surface area contributed by atoms with Crippen LogP contribution in [-0.4, -0.2) is 17.6 Å². The number of pyridine rings is 1. The predicted octanol–water partition coefficient (Wildman–Crippen LogP) is 3.60. The fourth-order valence-corrected chi connectivity index (χ4v) is 1.93. The van der Waals surface area contributed by atoms with E-state index < -0.39 is 0 Å². The molecule has 0 aliphatic carbocycles. The lowest BCUT2D eigenvalue weighted by molar-refractivity contribution is 0.272. The van der Waals surface area contributed by atoms with E-state index in [0.717, 1.165) is 11.3 Å². The molecule has 0 amide bonds. The smallest absolute Gasteiger partial charge is 0.119 e. The Morgan fingerprint density at radius 2 is 2.00 bits per heavy atom. The van der Waals surface area contributed by atoms with Crippen LogP contribution in [0.25, 0.3) is 0 Å². The molecular weight excluding hydrogens is 272 g/mol. The molecule has 1 N–H and O–H groups in total. The van der Waals surface area contributed by atoms with E-state index in [1.165, 1.54) is 5.56 Å². The van der Waals surface area contributed by atoms with E-state index in [9.17, 15) is 0 Å². The summed E-state index contributed by atoms with van der Waals surface area (Å²) in [6.07, 6.45) is 3.41. The molecule has 20 heavy (non-hydrogen) atoms. The minimum absolute atomic E-state index is 0.237. The molecule has 1 heterocycles. The van der Waals surface area contributed by atoms with Crippen molar-refractivity contribution in [2.75, 3.05) is 6.61 Å². The molecule has 1 aromatic heterocycles. The van der Waals surface area contributed by atoms with Crippen LogP contribution in [0, 0.1) is 6.92 Å². The van der Waals surface area contributed by atoms with Gasteiger partial charge in [0.15, 0.2) is 0 Å². The molecule has 2 rings (SSSR count). The van der Waals surface area contributed by atoms with Crippen molar-refractivity contribution in [2.45, 2.75) is 26.4 Å². The van der Waals surface area contributed by atoms with Crippen molar-refractivity contribution < 1.29 is 4.74 Å². The highest BCUT2D eigenvalue weighted by molar-refractivity contribution is 6.31. The molecule has 0 bridgehead atoms. The predicted molar refractivity (Wildman–Crippen MR) is 82.2 cm³/mol. The molecule has 1 aromatic carbocycles. The van der Waals surface area contributed by atoms with E-state index >= 15 is 0 Å². The summed E-state index contributed by atoms with van der Waals surface area (Å²) in [6.45, 7) is 5.47. The fraction of sp³-hybridized carbons (Fsp3) is 0.312. The van der Waals surface area contributed by atoms with Crippen molar-refractivity contribution in [3.63, 3.8) is 0 Å². The van der Waals surface area contributed by atoms with Crippen molar-refractivity contribution in [1.82, 2.24) is 10.3 Å². The molecule has 1 atom stereocenters. The third kappa shape index (κ3) is 4.51. The Morgan fingerprint density at radius 1 is 1.25 bits per heavy atom. The zero-order chi connectivity index (χ0) is 14.4. The first-order valence-electron chi connectivity index (χ1n) is 6.66. The second-order valence-corrected chi connectivity index (χ2v) is 5.28. The van der Waals surface area contributed by atoms with Crippen LogP contribution in [0.4, 0.5) is 0 Å². The van der Waals surface area contributed by atoms with Gasteiger partial charge in [0.1, 0.15) is 12.4 Å². The van der Waals surface area contributed by atoms with Crippen LogP contribution < -0.4 is 10.1 Å². The molecule has 106 valence electrons. The van der Waals surface area contributed by atoms with Gasteiger partial charge < -0.3 is 10.1 Å². The topological polar surface area (TPSA) is 34.1 Å². The lowest BCUT2D eigenvalue weighted by Gasteiger charge is -2.15. The van der Waals surface area contributed by atoms with Crippen molar-refractivity contribution >= 4 is 11.6 Å². The molecule has 0 saturated heterocycles. The molecule has 0 aliphatic heterocycles. The summed E-state index contributed by atoms with van der Waals surface area (Å²) in [7, 11) is 0. The highest BCUT2D eigenvalue weighted by Crippen LogP contribution is 2.14. The van der Waals surface area contributed by atoms with E-state index in [2.05, 4.69) is 24.1 Å². The van der Waals surface area contributed by atoms with E-state index in [0.29, 0.717) is 18.2 Å². The van der Waals surface area contributed by atoms with Gasteiger partial charge in [-0.3, -0.25) is 4.98 Å². The van der Waals surface area contributed by atoms with Crippen LogP contribution in [0.1, 0.15) is 18.1 Å². The molecule has 3 nitrogen and oxygen atoms in total. The summed E-state index contributed by atoms with van der Waals surface area (Å²) < 4.78 is 5.73. The molecule has 0 aliphatic rings. The van der Waals surface area contributed by atoms with Gasteiger partial charge in [0.2, 0.25) is 0 Å². The van der Waals surface area contributed by atoms with Crippen LogP contribution >= 0.6 is 11.6 Å². The van der Waals surface area contributed by atoms with Crippen molar-refractivity contribution in [2.24, 2.45) is 0 Å². The number of hydrogen-bond acceptors (Lipinski definition) is 3. The van der Waals surface area contributed by atoms with Crippen molar-refractivity contribution in [3.8, 4) is 5.75 Å². The lowest BCUT2D eigenvalue weighted by Crippen LogP contribution is -2.31. The summed E-state index contributed by atoms with van der Waals surface area (Å²) >= 11 is 6.06. The minimum atomic E-state index is 0.237. The SMILES string of the molecule is Cc1ccc(OCC(C)NCc2ccncc2Cl)cc1. The third-order valence-electron chi connectivity index (χ3n) is 3.02. The average molecular weight is 291 g/mol. The molecule has 0 saturated carbocycles. The maximum atomic E-state index is 6.06. The summed E-state index contributed by atoms with van der Waals surface area (Å²) in [4.78, 5) is 3.97. The molecule has 0 radical (unpaired) electrons. The highest BCUT2D eigenvalue weighted by Gasteiger charge is 2.05. The van der Waals surface area contributed by atoms with Gasteiger partial charge in [0, 0.05) is 25.0 Å². The largest absolute Gasteiger partial charge is 0.492 e. The maximum absolute atomic E-state index is 6.06. The molecule has 0 spiro atoms. The first kappa shape index (κ1) is 14.8. The van der Waals surface area contributed by atoms with E-state index in [1.54, 1.807) is 12.4 Å². The standard InChI is InChI=1S/C16H19ClN2O/c1-12-3-5-15(6-4-12)20-11-13(2)19-9-14-7-8-18-10-16(14)17/h3-8,10,13,19H,9,11H2,1-2H3. The van der Waals surface area contributed by atoms with Gasteiger partial charge in [-0.15, -0.1) is 0 Å². The van der Waals surface area contributed by atoms with Crippen LogP contribution in [-0.2, 0) is 6.54 Å². The number of aryl methyl sites for hydroxylation is 1. The number of benzene rings is 1. The quantitative estimate of drug-likeness (QED) is 0.882. The van der Waals surface area contributed by atoms with Crippen LogP contribution in [0.2, 0.25) is 5.02 Å². The zero-order valence-corrected chi connectivity index (χ0v) is 12.5. The summed E-state index contributed by atoms with van der Waals surface area (Å²) in [5.74, 6) is 0.895. The molecule has 2 aromatic rings. The number of nitrogens with one attached hydrogen (secondary N) is 1. The van der Waals surface area contributed by atoms with E-state index in [4.69, 9.17) is 16.3 Å². The first-order valence-corrected chi connectivity index (χ1v) is 7.04. The zero-order valence-electron chi connectivity index (χ0n) is 11.8. The van der Waals surface area contributed by atoms with Gasteiger partial charge in [-0.2, -0.15) is 0 Å². The molecule has 4 heteroatoms. The summed E-state index contributed by atoms with van der Waals surface area (Å²) in [6, 6.07) is 10.2. The Bertz CT molecular complexity index is 542. The average Bonchev–Trinajstić information content (AvgIpc) is 2.46. The van der Waals surface area contributed by atoms with Crippen LogP contribution in [0.3, 0.4) is 0 Å². The van der Waals surface area contributed by atoms with Gasteiger partial charge in [0.05, 0.1) is 5.02 Å². The van der Waals surface area contributed by atoms with E-state index in [-0.39, 0.29) is 6.04 Å². The summed E-state index contributed by atoms with van der Waals surface area (Å²) in [5, 5.41) is 4.07. The highest BCUT2D eigenvalue weighted by atomic mass is 35.5. The van der Waals surface area contributed by atoms with Gasteiger partial charge in [-0.05, 0) is 37.6 Å². The lowest BCUT2D eigenvalue weighted by atomic mass is 10.2. The van der Waals surface area contributed by atoms with E-state index in [1.807, 2.05) is 30.3 Å². The van der Waals surface area contributed by atoms with Gasteiger partial charge in [-0.1, -0.05) is 29.3 Å². The molecule has 0 fully saturated rings. The second kappa shape index (κ2) is 7.27. The summed E-state index contributed by atoms with van der Waals surface area (Å²) in [5.41, 5.74) is 2.28. The molecular formula is C16H19ClN2O. The van der Waals surface area contributed by atoms with Crippen molar-refractivity contribution in [3.05, 3.63) is 58.9 Å². The normalized spacial score (nSPS) is 12.2. The number of ether oxygens (including phenoxy) is 1. The molecule has 1 unspecified atom stereocenters. The first-order chi connectivity index (χ1) is 9.65. The van der Waals surface area contributed by atoms with Gasteiger partial charge >= 0.3 is 0 Å². The number of halogens is 1. The Balaban J connectivity index is 1.77. The number of hydrogen-bond donors (Lipinski definition) is 1. The Morgan fingerprint density at radius 3 is 2.70 bits per heavy atom. The Labute approximate surface area is 124 Å². The van der Waals surface area contributed by atoms with Crippen molar-refractivity contribution in [1.29, 1.82) is 0 Å². The Kier molecular flexibility index (Phi) is 5.39. The number of aromatic nitrogens is 1. The fourth-order valence-electron chi connectivity index (χ4n) is 1.75. The monoisotopic (exact) mass is 290 g/mol. The van der Waals surface area contributed by atoms with Crippen LogP contribution in [0.15, 0.2) is 42.7 Å². The Hall–Kier alpha value is -1.58. The minimum Gasteiger partial charge on any atom is -0.492 e. The van der Waals surface area contributed by atoms with Crippen LogP contribution in [0.5, 0.6) is 5.75 Å². The maximum Gasteiger partial charge on any atom is 0.119 e. The number of nitrogens with zero attached hydrogens (tertiary/aromatic N) is 1.